The standard InChI is InChI=1S/C22H20ClN3O2.C22H20FN3O2/c2*1-14(27)19-20(16-6-3-2-4-7-16)25-26(13-15-10-11-15)22(28)21(19)24-18-9-5-8-17(23)12-18/h2*2-9,12,15,24H,10-11,13H2,1H3. The second-order valence-electron chi connectivity index (χ2n) is 14.2. The Bertz CT molecular complexity index is 2360. The SMILES string of the molecule is CC(=O)c1c(-c2ccccc2)nn(CC2CC2)c(=O)c1Nc1cccc(Cl)c1.CC(=O)c1c(-c2ccccc2)nn(CC2CC2)c(=O)c1Nc1cccc(F)c1. The van der Waals surface area contributed by atoms with Crippen molar-refractivity contribution in [3.63, 3.8) is 0 Å². The molecule has 2 aromatic heterocycles. The number of nitrogens with one attached hydrogen (secondary N) is 2. The van der Waals surface area contributed by atoms with Gasteiger partial charge in [0.05, 0.1) is 11.1 Å². The number of aromatic nitrogens is 4. The van der Waals surface area contributed by atoms with Crippen LogP contribution in [0.4, 0.5) is 27.1 Å². The third-order valence-corrected chi connectivity index (χ3v) is 9.79. The number of carbonyl (C=O) groups excluding carboxylic acids is 2. The van der Waals surface area contributed by atoms with Crippen molar-refractivity contribution in [3.8, 4) is 22.5 Å². The van der Waals surface area contributed by atoms with Crippen LogP contribution in [0.5, 0.6) is 0 Å². The van der Waals surface area contributed by atoms with E-state index >= 15 is 0 Å². The highest BCUT2D eigenvalue weighted by Crippen LogP contribution is 2.34. The minimum Gasteiger partial charge on any atom is -0.350 e. The second-order valence-corrected chi connectivity index (χ2v) is 14.6. The fourth-order valence-corrected chi connectivity index (χ4v) is 6.60. The smallest absolute Gasteiger partial charge is 0.291 e. The summed E-state index contributed by atoms with van der Waals surface area (Å²) in [6.45, 7) is 3.93. The molecule has 8 rings (SSSR count). The van der Waals surface area contributed by atoms with Crippen LogP contribution in [0, 0.1) is 17.7 Å². The van der Waals surface area contributed by atoms with E-state index in [4.69, 9.17) is 11.6 Å². The van der Waals surface area contributed by atoms with E-state index in [-0.39, 0.29) is 39.6 Å². The molecule has 284 valence electrons. The van der Waals surface area contributed by atoms with Crippen molar-refractivity contribution in [1.29, 1.82) is 0 Å². The van der Waals surface area contributed by atoms with Crippen LogP contribution < -0.4 is 21.8 Å². The molecule has 0 bridgehead atoms. The van der Waals surface area contributed by atoms with E-state index in [2.05, 4.69) is 20.8 Å². The predicted octanol–water partition coefficient (Wildman–Crippen LogP) is 9.33. The summed E-state index contributed by atoms with van der Waals surface area (Å²) in [4.78, 5) is 51.4. The van der Waals surface area contributed by atoms with Gasteiger partial charge in [-0.25, -0.2) is 13.8 Å². The average molecular weight is 771 g/mol. The van der Waals surface area contributed by atoms with Gasteiger partial charge in [-0.3, -0.25) is 19.2 Å². The van der Waals surface area contributed by atoms with Gasteiger partial charge < -0.3 is 10.6 Å². The Hall–Kier alpha value is -6.20. The molecule has 2 heterocycles. The Morgan fingerprint density at radius 2 is 1.07 bits per heavy atom. The first-order valence-electron chi connectivity index (χ1n) is 18.5. The normalized spacial score (nSPS) is 13.4. The summed E-state index contributed by atoms with van der Waals surface area (Å²) < 4.78 is 16.5. The molecule has 2 saturated carbocycles. The fraction of sp³-hybridized carbons (Fsp3) is 0.227. The van der Waals surface area contributed by atoms with Crippen LogP contribution >= 0.6 is 11.6 Å². The van der Waals surface area contributed by atoms with Crippen molar-refractivity contribution in [1.82, 2.24) is 19.6 Å². The highest BCUT2D eigenvalue weighted by molar-refractivity contribution is 6.30. The van der Waals surface area contributed by atoms with E-state index in [9.17, 15) is 23.6 Å². The van der Waals surface area contributed by atoms with Crippen LogP contribution in [-0.2, 0) is 13.1 Å². The number of carbonyl (C=O) groups is 2. The average Bonchev–Trinajstić information content (AvgIpc) is 4.13. The molecule has 0 saturated heterocycles. The maximum absolute atomic E-state index is 13.6. The second kappa shape index (κ2) is 16.7. The number of rotatable bonds is 12. The van der Waals surface area contributed by atoms with Crippen molar-refractivity contribution < 1.29 is 14.0 Å². The Labute approximate surface area is 328 Å². The lowest BCUT2D eigenvalue weighted by atomic mass is 10.0. The summed E-state index contributed by atoms with van der Waals surface area (Å²) in [6.07, 6.45) is 4.33. The van der Waals surface area contributed by atoms with Gasteiger partial charge in [-0.2, -0.15) is 10.2 Å². The van der Waals surface area contributed by atoms with E-state index in [0.717, 1.165) is 36.8 Å². The number of hydrogen-bond acceptors (Lipinski definition) is 8. The zero-order valence-electron chi connectivity index (χ0n) is 31.0. The van der Waals surface area contributed by atoms with Gasteiger partial charge in [0.25, 0.3) is 11.1 Å². The van der Waals surface area contributed by atoms with Gasteiger partial charge in [-0.1, -0.05) is 84.4 Å². The molecule has 0 radical (unpaired) electrons. The molecule has 56 heavy (non-hydrogen) atoms. The zero-order chi connectivity index (χ0) is 39.3. The Balaban J connectivity index is 0.000000172. The number of anilines is 4. The zero-order valence-corrected chi connectivity index (χ0v) is 31.7. The lowest BCUT2D eigenvalue weighted by Crippen LogP contribution is -2.29. The Morgan fingerprint density at radius 1 is 0.643 bits per heavy atom. The fourth-order valence-electron chi connectivity index (χ4n) is 6.41. The largest absolute Gasteiger partial charge is 0.350 e. The lowest BCUT2D eigenvalue weighted by Gasteiger charge is -2.17. The molecular weight excluding hydrogens is 731 g/mol. The summed E-state index contributed by atoms with van der Waals surface area (Å²) in [6, 6.07) is 31.7. The molecule has 0 spiro atoms. The van der Waals surface area contributed by atoms with Crippen molar-refractivity contribution in [2.45, 2.75) is 52.6 Å². The number of halogens is 2. The van der Waals surface area contributed by atoms with E-state index in [1.807, 2.05) is 66.7 Å². The number of Topliss-reactive ketones (excluding diaryl/α,β-unsaturated/α-hetero) is 2. The quantitative estimate of drug-likeness (QED) is 0.118. The molecule has 2 aliphatic carbocycles. The topological polar surface area (TPSA) is 128 Å². The molecule has 12 heteroatoms. The Kier molecular flexibility index (Phi) is 11.3. The number of ketones is 2. The van der Waals surface area contributed by atoms with Crippen LogP contribution in [0.2, 0.25) is 5.02 Å². The monoisotopic (exact) mass is 770 g/mol. The van der Waals surface area contributed by atoms with Crippen LogP contribution in [0.15, 0.2) is 119 Å². The van der Waals surface area contributed by atoms with Gasteiger partial charge in [0.15, 0.2) is 11.6 Å². The van der Waals surface area contributed by atoms with Crippen molar-refractivity contribution in [3.05, 3.63) is 152 Å². The summed E-state index contributed by atoms with van der Waals surface area (Å²) in [5, 5.41) is 15.8. The maximum Gasteiger partial charge on any atom is 0.291 e. The first kappa shape index (κ1) is 38.1. The predicted molar refractivity (Wildman–Crippen MR) is 218 cm³/mol. The van der Waals surface area contributed by atoms with Gasteiger partial charge in [0.2, 0.25) is 0 Å². The van der Waals surface area contributed by atoms with E-state index in [1.54, 1.807) is 30.3 Å². The number of nitrogens with zero attached hydrogens (tertiary/aromatic N) is 4. The first-order chi connectivity index (χ1) is 27.0. The summed E-state index contributed by atoms with van der Waals surface area (Å²) in [5.74, 6) is -0.0208. The summed E-state index contributed by atoms with van der Waals surface area (Å²) in [7, 11) is 0. The summed E-state index contributed by atoms with van der Waals surface area (Å²) in [5.41, 5.74) is 3.78. The van der Waals surface area contributed by atoms with Crippen molar-refractivity contribution >= 4 is 45.9 Å². The minimum absolute atomic E-state index is 0.132. The molecule has 0 atom stereocenters. The van der Waals surface area contributed by atoms with Crippen LogP contribution in [0.3, 0.4) is 0 Å². The molecule has 2 aliphatic rings. The molecule has 10 nitrogen and oxygen atoms in total. The molecule has 4 aromatic carbocycles. The number of hydrogen-bond donors (Lipinski definition) is 2. The van der Waals surface area contributed by atoms with E-state index < -0.39 is 5.82 Å². The third kappa shape index (κ3) is 9.01. The van der Waals surface area contributed by atoms with Crippen molar-refractivity contribution in [2.24, 2.45) is 11.8 Å². The summed E-state index contributed by atoms with van der Waals surface area (Å²) >= 11 is 6.09. The molecule has 0 aliphatic heterocycles. The van der Waals surface area contributed by atoms with Crippen LogP contribution in [0.1, 0.15) is 60.2 Å². The van der Waals surface area contributed by atoms with Gasteiger partial charge in [0.1, 0.15) is 28.6 Å². The third-order valence-electron chi connectivity index (χ3n) is 9.55. The van der Waals surface area contributed by atoms with Gasteiger partial charge in [-0.05, 0) is 87.8 Å². The van der Waals surface area contributed by atoms with Gasteiger partial charge >= 0.3 is 0 Å². The molecule has 0 amide bonds. The van der Waals surface area contributed by atoms with Crippen LogP contribution in [-0.4, -0.2) is 31.1 Å². The molecule has 2 N–H and O–H groups in total. The minimum atomic E-state index is -0.426. The first-order valence-corrected chi connectivity index (χ1v) is 18.9. The highest BCUT2D eigenvalue weighted by atomic mass is 35.5. The van der Waals surface area contributed by atoms with E-state index in [0.29, 0.717) is 58.3 Å². The number of benzene rings is 4. The van der Waals surface area contributed by atoms with Crippen LogP contribution in [0.25, 0.3) is 22.5 Å². The molecule has 0 unspecified atom stereocenters. The lowest BCUT2D eigenvalue weighted by molar-refractivity contribution is 0.101. The Morgan fingerprint density at radius 3 is 1.46 bits per heavy atom. The highest BCUT2D eigenvalue weighted by Gasteiger charge is 2.28. The van der Waals surface area contributed by atoms with Gasteiger partial charge in [0, 0.05) is 40.6 Å². The van der Waals surface area contributed by atoms with Crippen molar-refractivity contribution in [2.75, 3.05) is 10.6 Å². The van der Waals surface area contributed by atoms with Gasteiger partial charge in [-0.15, -0.1) is 0 Å². The van der Waals surface area contributed by atoms with E-state index in [1.165, 1.54) is 35.3 Å². The maximum atomic E-state index is 13.6. The molecule has 6 aromatic rings. The molecular formula is C44H40ClFN6O4. The molecule has 2 fully saturated rings.